The third-order valence-electron chi connectivity index (χ3n) is 7.51. The van der Waals surface area contributed by atoms with Crippen molar-refractivity contribution >= 4 is 39.4 Å². The zero-order valence-electron chi connectivity index (χ0n) is 22.4. The minimum absolute atomic E-state index is 0.0217. The van der Waals surface area contributed by atoms with Crippen LogP contribution < -0.4 is 5.32 Å². The summed E-state index contributed by atoms with van der Waals surface area (Å²) in [7, 11) is 0. The number of fused-ring (bicyclic) bond motifs is 2. The van der Waals surface area contributed by atoms with Gasteiger partial charge < -0.3 is 15.1 Å². The van der Waals surface area contributed by atoms with Crippen molar-refractivity contribution in [3.63, 3.8) is 0 Å². The van der Waals surface area contributed by atoms with Gasteiger partial charge in [-0.3, -0.25) is 14.6 Å². The number of hydrazine groups is 1. The molecule has 0 spiro atoms. The van der Waals surface area contributed by atoms with E-state index in [1.54, 1.807) is 37.7 Å². The van der Waals surface area contributed by atoms with Crippen molar-refractivity contribution in [3.8, 4) is 0 Å². The molecule has 2 aliphatic rings. The number of piperazine rings is 1. The van der Waals surface area contributed by atoms with E-state index < -0.39 is 12.2 Å². The Balaban J connectivity index is 1.33. The fourth-order valence-electron chi connectivity index (χ4n) is 5.61. The molecule has 1 aromatic heterocycles. The van der Waals surface area contributed by atoms with Gasteiger partial charge in [0, 0.05) is 13.1 Å². The molecule has 41 heavy (non-hydrogen) atoms. The SMILES string of the molecule is C=CCN(C(=O)NCc1ccccc1)N1CC(=O)N2[C@@H](c3ccccc3)C(=O)N(Cc3cccc4ncsc34)C[C@@H]21. The van der Waals surface area contributed by atoms with E-state index in [2.05, 4.69) is 16.9 Å². The van der Waals surface area contributed by atoms with E-state index in [1.807, 2.05) is 78.9 Å². The molecule has 208 valence electrons. The minimum Gasteiger partial charge on any atom is -0.333 e. The van der Waals surface area contributed by atoms with Gasteiger partial charge in [-0.2, -0.15) is 5.01 Å². The van der Waals surface area contributed by atoms with Gasteiger partial charge in [0.05, 0.1) is 35.4 Å². The first-order valence-electron chi connectivity index (χ1n) is 13.5. The Morgan fingerprint density at radius 3 is 2.56 bits per heavy atom. The number of hydrogen-bond acceptors (Lipinski definition) is 6. The van der Waals surface area contributed by atoms with Gasteiger partial charge in [-0.25, -0.2) is 9.78 Å². The number of hydrogen-bond donors (Lipinski definition) is 1. The first kappa shape index (κ1) is 26.7. The average Bonchev–Trinajstić information content (AvgIpc) is 3.61. The van der Waals surface area contributed by atoms with E-state index in [1.165, 1.54) is 5.01 Å². The van der Waals surface area contributed by atoms with Crippen LogP contribution >= 0.6 is 11.3 Å². The highest BCUT2D eigenvalue weighted by Gasteiger charge is 2.52. The zero-order valence-corrected chi connectivity index (χ0v) is 23.2. The van der Waals surface area contributed by atoms with E-state index in [-0.39, 0.29) is 37.5 Å². The van der Waals surface area contributed by atoms with E-state index >= 15 is 0 Å². The van der Waals surface area contributed by atoms with Crippen LogP contribution in [0.2, 0.25) is 0 Å². The molecule has 0 aliphatic carbocycles. The molecule has 2 aliphatic heterocycles. The maximum atomic E-state index is 14.1. The van der Waals surface area contributed by atoms with Crippen LogP contribution in [0, 0.1) is 0 Å². The molecule has 10 heteroatoms. The van der Waals surface area contributed by atoms with E-state index in [0.29, 0.717) is 13.1 Å². The molecule has 3 heterocycles. The quantitative estimate of drug-likeness (QED) is 0.324. The van der Waals surface area contributed by atoms with Crippen LogP contribution in [-0.2, 0) is 22.7 Å². The molecule has 4 amide bonds. The molecular formula is C31H30N6O3S. The minimum atomic E-state index is -0.800. The lowest BCUT2D eigenvalue weighted by molar-refractivity contribution is -0.158. The Labute approximate surface area is 242 Å². The van der Waals surface area contributed by atoms with Crippen molar-refractivity contribution in [1.29, 1.82) is 0 Å². The molecular weight excluding hydrogens is 536 g/mol. The molecule has 2 atom stereocenters. The molecule has 0 unspecified atom stereocenters. The van der Waals surface area contributed by atoms with Gasteiger partial charge in [-0.15, -0.1) is 17.9 Å². The molecule has 0 bridgehead atoms. The summed E-state index contributed by atoms with van der Waals surface area (Å²) in [4.78, 5) is 49.0. The number of carbonyl (C=O) groups excluding carboxylic acids is 3. The molecule has 2 fully saturated rings. The van der Waals surface area contributed by atoms with Crippen molar-refractivity contribution in [2.45, 2.75) is 25.3 Å². The first-order chi connectivity index (χ1) is 20.0. The summed E-state index contributed by atoms with van der Waals surface area (Å²) in [6.07, 6.45) is 1.11. The zero-order chi connectivity index (χ0) is 28.3. The monoisotopic (exact) mass is 566 g/mol. The van der Waals surface area contributed by atoms with Crippen LogP contribution in [0.3, 0.4) is 0 Å². The maximum absolute atomic E-state index is 14.1. The van der Waals surface area contributed by atoms with E-state index in [0.717, 1.165) is 26.9 Å². The normalized spacial score (nSPS) is 18.9. The topological polar surface area (TPSA) is 89.1 Å². The highest BCUT2D eigenvalue weighted by Crippen LogP contribution is 2.37. The van der Waals surface area contributed by atoms with Crippen LogP contribution in [0.5, 0.6) is 0 Å². The van der Waals surface area contributed by atoms with Gasteiger partial charge >= 0.3 is 6.03 Å². The largest absolute Gasteiger partial charge is 0.333 e. The summed E-state index contributed by atoms with van der Waals surface area (Å²) >= 11 is 1.54. The van der Waals surface area contributed by atoms with Crippen molar-refractivity contribution in [2.75, 3.05) is 19.6 Å². The highest BCUT2D eigenvalue weighted by atomic mass is 32.1. The smallest absolute Gasteiger partial charge is 0.332 e. The fraction of sp³-hybridized carbons (Fsp3) is 0.226. The maximum Gasteiger partial charge on any atom is 0.332 e. The van der Waals surface area contributed by atoms with Crippen molar-refractivity contribution < 1.29 is 14.4 Å². The van der Waals surface area contributed by atoms with Crippen LogP contribution in [-0.4, -0.2) is 68.4 Å². The number of nitrogens with zero attached hydrogens (tertiary/aromatic N) is 5. The third kappa shape index (κ3) is 5.19. The van der Waals surface area contributed by atoms with Crippen LogP contribution in [0.4, 0.5) is 4.79 Å². The molecule has 1 N–H and O–H groups in total. The molecule has 6 rings (SSSR count). The van der Waals surface area contributed by atoms with Gasteiger partial charge in [-0.1, -0.05) is 78.9 Å². The Morgan fingerprint density at radius 1 is 1.05 bits per heavy atom. The Hall–Kier alpha value is -4.54. The van der Waals surface area contributed by atoms with Gasteiger partial charge in [0.1, 0.15) is 12.2 Å². The van der Waals surface area contributed by atoms with E-state index in [9.17, 15) is 14.4 Å². The lowest BCUT2D eigenvalue weighted by Crippen LogP contribution is -2.62. The van der Waals surface area contributed by atoms with Crippen molar-refractivity contribution in [3.05, 3.63) is 114 Å². The second kappa shape index (κ2) is 11.5. The predicted molar refractivity (Wildman–Crippen MR) is 157 cm³/mol. The van der Waals surface area contributed by atoms with Gasteiger partial charge in [0.2, 0.25) is 5.91 Å². The summed E-state index contributed by atoms with van der Waals surface area (Å²) in [5, 5.41) is 6.27. The summed E-state index contributed by atoms with van der Waals surface area (Å²) < 4.78 is 1.03. The summed E-state index contributed by atoms with van der Waals surface area (Å²) in [6.45, 7) is 5.01. The highest BCUT2D eigenvalue weighted by molar-refractivity contribution is 7.16. The second-order valence-electron chi connectivity index (χ2n) is 10.0. The number of amides is 4. The molecule has 4 aromatic rings. The molecule has 9 nitrogen and oxygen atoms in total. The average molecular weight is 567 g/mol. The molecule has 3 aromatic carbocycles. The van der Waals surface area contributed by atoms with Crippen molar-refractivity contribution in [1.82, 2.24) is 30.1 Å². The predicted octanol–water partition coefficient (Wildman–Crippen LogP) is 4.16. The van der Waals surface area contributed by atoms with Crippen molar-refractivity contribution in [2.24, 2.45) is 0 Å². The van der Waals surface area contributed by atoms with E-state index in [4.69, 9.17) is 0 Å². The Bertz CT molecular complexity index is 1580. The first-order valence-corrected chi connectivity index (χ1v) is 14.4. The number of benzene rings is 3. The fourth-order valence-corrected chi connectivity index (χ4v) is 6.40. The standard InChI is InChI=1S/C31H30N6O3S/c1-2-16-35(31(40)32-17-22-10-5-3-6-11-22)36-20-27(38)37-26(36)19-34(30(39)28(37)23-12-7-4-8-13-23)18-24-14-9-15-25-29(24)41-21-33-25/h2-15,21,26,28H,1,16-20H2,(H,32,40)/t26-,28+/m1/s1. The van der Waals surface area contributed by atoms with Gasteiger partial charge in [0.25, 0.3) is 5.91 Å². The molecule has 2 saturated heterocycles. The Kier molecular flexibility index (Phi) is 7.49. The number of carbonyl (C=O) groups is 3. The van der Waals surface area contributed by atoms with Crippen LogP contribution in [0.1, 0.15) is 22.7 Å². The third-order valence-corrected chi connectivity index (χ3v) is 8.42. The lowest BCUT2D eigenvalue weighted by Gasteiger charge is -2.46. The number of nitrogens with one attached hydrogen (secondary N) is 1. The number of thiazole rings is 1. The van der Waals surface area contributed by atoms with Gasteiger partial charge in [0.15, 0.2) is 0 Å². The summed E-state index contributed by atoms with van der Waals surface area (Å²) in [5.41, 5.74) is 5.40. The molecule has 0 saturated carbocycles. The number of urea groups is 1. The summed E-state index contributed by atoms with van der Waals surface area (Å²) in [6, 6.07) is 23.8. The lowest BCUT2D eigenvalue weighted by atomic mass is 10.00. The second-order valence-corrected chi connectivity index (χ2v) is 10.9. The van der Waals surface area contributed by atoms with Crippen LogP contribution in [0.25, 0.3) is 10.2 Å². The Morgan fingerprint density at radius 2 is 1.80 bits per heavy atom. The number of rotatable bonds is 8. The number of aromatic nitrogens is 1. The molecule has 0 radical (unpaired) electrons. The summed E-state index contributed by atoms with van der Waals surface area (Å²) in [5.74, 6) is -0.348. The van der Waals surface area contributed by atoms with Crippen LogP contribution in [0.15, 0.2) is 97.0 Å². The van der Waals surface area contributed by atoms with Gasteiger partial charge in [-0.05, 0) is 22.8 Å².